The van der Waals surface area contributed by atoms with Crippen molar-refractivity contribution in [3.8, 4) is 0 Å². The molecule has 0 aliphatic heterocycles. The first-order valence-electron chi connectivity index (χ1n) is 6.22. The maximum absolute atomic E-state index is 5.63. The number of hydrogen-bond acceptors (Lipinski definition) is 3. The highest BCUT2D eigenvalue weighted by Gasteiger charge is 2.11. The summed E-state index contributed by atoms with van der Waals surface area (Å²) in [5.41, 5.74) is 5.55. The molecule has 3 N–H and O–H groups in total. The molecular weight excluding hydrogens is 228 g/mol. The molecule has 1 aromatic rings. The minimum Gasteiger partial charge on any atom is -0.271 e. The number of rotatable bonds is 6. The molecule has 0 aliphatic rings. The first-order valence-corrected chi connectivity index (χ1v) is 7.27. The van der Waals surface area contributed by atoms with Crippen LogP contribution in [-0.4, -0.2) is 11.0 Å². The molecule has 3 heteroatoms. The Kier molecular flexibility index (Phi) is 6.03. The van der Waals surface area contributed by atoms with Crippen LogP contribution in [0.5, 0.6) is 0 Å². The summed E-state index contributed by atoms with van der Waals surface area (Å²) in [6.07, 6.45) is 0. The molecule has 0 saturated carbocycles. The Morgan fingerprint density at radius 2 is 1.59 bits per heavy atom. The van der Waals surface area contributed by atoms with Gasteiger partial charge in [0.25, 0.3) is 0 Å². The van der Waals surface area contributed by atoms with Crippen LogP contribution in [0.1, 0.15) is 50.8 Å². The summed E-state index contributed by atoms with van der Waals surface area (Å²) < 4.78 is 0. The Balaban J connectivity index is 2.68. The molecule has 0 spiro atoms. The Morgan fingerprint density at radius 1 is 1.06 bits per heavy atom. The van der Waals surface area contributed by atoms with Crippen LogP contribution in [0.4, 0.5) is 0 Å². The SMILES string of the molecule is CC(C)SCC(NN)c1ccc(C(C)C)cc1. The van der Waals surface area contributed by atoms with E-state index in [1.54, 1.807) is 0 Å². The van der Waals surface area contributed by atoms with Crippen LogP contribution >= 0.6 is 11.8 Å². The van der Waals surface area contributed by atoms with Crippen molar-refractivity contribution in [1.29, 1.82) is 0 Å². The summed E-state index contributed by atoms with van der Waals surface area (Å²) in [6, 6.07) is 9.00. The zero-order valence-electron chi connectivity index (χ0n) is 11.2. The fourth-order valence-corrected chi connectivity index (χ4v) is 2.51. The second-order valence-corrected chi connectivity index (χ2v) is 6.53. The summed E-state index contributed by atoms with van der Waals surface area (Å²) >= 11 is 1.93. The lowest BCUT2D eigenvalue weighted by Gasteiger charge is -2.18. The number of hydrazine groups is 1. The van der Waals surface area contributed by atoms with Gasteiger partial charge in [0.05, 0.1) is 6.04 Å². The number of hydrogen-bond donors (Lipinski definition) is 2. The molecule has 1 unspecified atom stereocenters. The van der Waals surface area contributed by atoms with E-state index in [-0.39, 0.29) is 6.04 Å². The second-order valence-electron chi connectivity index (χ2n) is 4.92. The highest BCUT2D eigenvalue weighted by molar-refractivity contribution is 7.99. The van der Waals surface area contributed by atoms with E-state index >= 15 is 0 Å². The molecule has 0 aromatic heterocycles. The van der Waals surface area contributed by atoms with Gasteiger partial charge in [-0.2, -0.15) is 11.8 Å². The van der Waals surface area contributed by atoms with Crippen molar-refractivity contribution in [3.63, 3.8) is 0 Å². The van der Waals surface area contributed by atoms with Gasteiger partial charge in [0, 0.05) is 5.75 Å². The molecule has 0 heterocycles. The molecule has 17 heavy (non-hydrogen) atoms. The second kappa shape index (κ2) is 7.04. The van der Waals surface area contributed by atoms with Crippen molar-refractivity contribution in [2.45, 2.75) is 44.9 Å². The maximum Gasteiger partial charge on any atom is 0.0550 e. The average Bonchev–Trinajstić information content (AvgIpc) is 2.30. The smallest absolute Gasteiger partial charge is 0.0550 e. The van der Waals surface area contributed by atoms with Crippen molar-refractivity contribution in [3.05, 3.63) is 35.4 Å². The normalized spacial score (nSPS) is 13.4. The third kappa shape index (κ3) is 4.70. The van der Waals surface area contributed by atoms with Crippen molar-refractivity contribution < 1.29 is 0 Å². The quantitative estimate of drug-likeness (QED) is 0.601. The molecule has 0 aliphatic carbocycles. The van der Waals surface area contributed by atoms with E-state index in [0.717, 1.165) is 5.75 Å². The Hall–Kier alpha value is -0.510. The number of nitrogens with two attached hydrogens (primary N) is 1. The van der Waals surface area contributed by atoms with Gasteiger partial charge < -0.3 is 0 Å². The molecule has 0 radical (unpaired) electrons. The van der Waals surface area contributed by atoms with E-state index < -0.39 is 0 Å². The van der Waals surface area contributed by atoms with Gasteiger partial charge in [-0.3, -0.25) is 11.3 Å². The van der Waals surface area contributed by atoms with Gasteiger partial charge in [-0.25, -0.2) is 0 Å². The minimum absolute atomic E-state index is 0.239. The van der Waals surface area contributed by atoms with Gasteiger partial charge in [-0.05, 0) is 22.3 Å². The van der Waals surface area contributed by atoms with Crippen molar-refractivity contribution in [2.24, 2.45) is 5.84 Å². The van der Waals surface area contributed by atoms with E-state index in [1.165, 1.54) is 11.1 Å². The van der Waals surface area contributed by atoms with Crippen LogP contribution in [0.2, 0.25) is 0 Å². The zero-order chi connectivity index (χ0) is 12.8. The third-order valence-corrected chi connectivity index (χ3v) is 4.00. The summed E-state index contributed by atoms with van der Waals surface area (Å²) in [6.45, 7) is 8.84. The van der Waals surface area contributed by atoms with Crippen LogP contribution in [-0.2, 0) is 0 Å². The van der Waals surface area contributed by atoms with Gasteiger partial charge >= 0.3 is 0 Å². The Morgan fingerprint density at radius 3 is 2.00 bits per heavy atom. The molecule has 96 valence electrons. The zero-order valence-corrected chi connectivity index (χ0v) is 12.1. The standard InChI is InChI=1S/C14H24N2S/c1-10(2)12-5-7-13(8-6-12)14(16-15)9-17-11(3)4/h5-8,10-11,14,16H,9,15H2,1-4H3. The van der Waals surface area contributed by atoms with Gasteiger partial charge in [0.2, 0.25) is 0 Å². The molecule has 1 atom stereocenters. The molecule has 1 rings (SSSR count). The van der Waals surface area contributed by atoms with E-state index in [9.17, 15) is 0 Å². The third-order valence-electron chi connectivity index (χ3n) is 2.80. The van der Waals surface area contributed by atoms with E-state index in [1.807, 2.05) is 11.8 Å². The van der Waals surface area contributed by atoms with Crippen LogP contribution in [0.15, 0.2) is 24.3 Å². The lowest BCUT2D eigenvalue weighted by molar-refractivity contribution is 0.609. The first kappa shape index (κ1) is 14.6. The van der Waals surface area contributed by atoms with E-state index in [2.05, 4.69) is 57.4 Å². The fourth-order valence-electron chi connectivity index (χ4n) is 1.64. The largest absolute Gasteiger partial charge is 0.271 e. The Labute approximate surface area is 109 Å². The van der Waals surface area contributed by atoms with E-state index in [0.29, 0.717) is 11.2 Å². The van der Waals surface area contributed by atoms with Crippen molar-refractivity contribution >= 4 is 11.8 Å². The van der Waals surface area contributed by atoms with Crippen LogP contribution in [0.25, 0.3) is 0 Å². The lowest BCUT2D eigenvalue weighted by atomic mass is 10.00. The fraction of sp³-hybridized carbons (Fsp3) is 0.571. The van der Waals surface area contributed by atoms with Crippen molar-refractivity contribution in [2.75, 3.05) is 5.75 Å². The average molecular weight is 252 g/mol. The topological polar surface area (TPSA) is 38.0 Å². The van der Waals surface area contributed by atoms with Gasteiger partial charge in [0.1, 0.15) is 0 Å². The predicted octanol–water partition coefficient (Wildman–Crippen LogP) is 3.46. The summed E-state index contributed by atoms with van der Waals surface area (Å²) in [5, 5.41) is 0.640. The molecule has 0 fully saturated rings. The highest BCUT2D eigenvalue weighted by atomic mass is 32.2. The molecule has 2 nitrogen and oxygen atoms in total. The number of benzene rings is 1. The van der Waals surface area contributed by atoms with Crippen LogP contribution in [0.3, 0.4) is 0 Å². The van der Waals surface area contributed by atoms with E-state index in [4.69, 9.17) is 5.84 Å². The van der Waals surface area contributed by atoms with Gasteiger partial charge in [-0.1, -0.05) is 52.0 Å². The number of thioether (sulfide) groups is 1. The molecule has 0 bridgehead atoms. The Bertz CT molecular complexity index is 319. The summed E-state index contributed by atoms with van der Waals surface area (Å²) in [4.78, 5) is 0. The maximum atomic E-state index is 5.63. The molecular formula is C14H24N2S. The van der Waals surface area contributed by atoms with Gasteiger partial charge in [0.15, 0.2) is 0 Å². The molecule has 0 saturated heterocycles. The minimum atomic E-state index is 0.239. The molecule has 1 aromatic carbocycles. The summed E-state index contributed by atoms with van der Waals surface area (Å²) in [7, 11) is 0. The lowest BCUT2D eigenvalue weighted by Crippen LogP contribution is -2.30. The number of nitrogens with one attached hydrogen (secondary N) is 1. The molecule has 0 amide bonds. The van der Waals surface area contributed by atoms with Gasteiger partial charge in [-0.15, -0.1) is 0 Å². The van der Waals surface area contributed by atoms with Crippen LogP contribution in [0, 0.1) is 0 Å². The monoisotopic (exact) mass is 252 g/mol. The summed E-state index contributed by atoms with van der Waals surface area (Å²) in [5.74, 6) is 7.22. The first-order chi connectivity index (χ1) is 8.04. The van der Waals surface area contributed by atoms with Crippen molar-refractivity contribution in [1.82, 2.24) is 5.43 Å². The van der Waals surface area contributed by atoms with Crippen LogP contribution < -0.4 is 11.3 Å². The predicted molar refractivity (Wildman–Crippen MR) is 78.2 cm³/mol. The highest BCUT2D eigenvalue weighted by Crippen LogP contribution is 2.22.